The molecule has 8 heteroatoms. The van der Waals surface area contributed by atoms with E-state index in [1.54, 1.807) is 55.6 Å². The van der Waals surface area contributed by atoms with Crippen molar-refractivity contribution < 1.29 is 29.0 Å². The third-order valence-corrected chi connectivity index (χ3v) is 4.73. The lowest BCUT2D eigenvalue weighted by molar-refractivity contribution is -0.143. The lowest BCUT2D eigenvalue weighted by Crippen LogP contribution is -2.34. The van der Waals surface area contributed by atoms with Gasteiger partial charge >= 0.3 is 5.97 Å². The maximum atomic E-state index is 12.2. The highest BCUT2D eigenvalue weighted by molar-refractivity contribution is 5.95. The molecule has 0 heterocycles. The number of benzene rings is 2. The molecule has 0 bridgehead atoms. The number of hydrogen-bond acceptors (Lipinski definition) is 5. The van der Waals surface area contributed by atoms with Gasteiger partial charge in [-0.3, -0.25) is 14.4 Å². The maximum Gasteiger partial charge on any atom is 0.311 e. The van der Waals surface area contributed by atoms with E-state index in [4.69, 9.17) is 14.6 Å². The number of amides is 2. The second kappa shape index (κ2) is 8.64. The van der Waals surface area contributed by atoms with Crippen LogP contribution in [0.2, 0.25) is 0 Å². The first kappa shape index (κ1) is 20.2. The molecule has 3 N–H and O–H groups in total. The molecule has 152 valence electrons. The first-order valence-corrected chi connectivity index (χ1v) is 9.10. The van der Waals surface area contributed by atoms with Crippen LogP contribution in [-0.2, 0) is 9.59 Å². The Balaban J connectivity index is 1.46. The topological polar surface area (TPSA) is 114 Å². The summed E-state index contributed by atoms with van der Waals surface area (Å²) in [5.74, 6) is -0.489. The molecule has 3 rings (SSSR count). The van der Waals surface area contributed by atoms with Gasteiger partial charge in [0.25, 0.3) is 11.8 Å². The average molecular weight is 398 g/mol. The van der Waals surface area contributed by atoms with E-state index in [1.165, 1.54) is 0 Å². The number of ether oxygens (including phenoxy) is 2. The number of hydrogen-bond donors (Lipinski definition) is 3. The van der Waals surface area contributed by atoms with Crippen LogP contribution in [0.5, 0.6) is 11.5 Å². The highest BCUT2D eigenvalue weighted by atomic mass is 16.5. The third-order valence-electron chi connectivity index (χ3n) is 4.73. The number of carbonyl (C=O) groups excluding carboxylic acids is 2. The highest BCUT2D eigenvalue weighted by Gasteiger charge is 2.50. The van der Waals surface area contributed by atoms with Gasteiger partial charge in [-0.05, 0) is 49.2 Å². The van der Waals surface area contributed by atoms with Crippen LogP contribution in [-0.4, -0.2) is 43.2 Å². The van der Waals surface area contributed by atoms with Crippen molar-refractivity contribution in [2.75, 3.05) is 25.6 Å². The van der Waals surface area contributed by atoms with E-state index in [1.807, 2.05) is 0 Å². The third kappa shape index (κ3) is 5.25. The van der Waals surface area contributed by atoms with Crippen molar-refractivity contribution >= 4 is 23.5 Å². The molecule has 0 atom stereocenters. The number of aliphatic carboxylic acids is 1. The van der Waals surface area contributed by atoms with E-state index in [9.17, 15) is 14.4 Å². The number of methoxy groups -OCH3 is 1. The molecule has 0 aliphatic heterocycles. The fourth-order valence-electron chi connectivity index (χ4n) is 2.72. The summed E-state index contributed by atoms with van der Waals surface area (Å²) in [5, 5.41) is 14.5. The number of carbonyl (C=O) groups is 3. The van der Waals surface area contributed by atoms with Gasteiger partial charge in [-0.2, -0.15) is 0 Å². The van der Waals surface area contributed by atoms with Crippen LogP contribution in [0.4, 0.5) is 5.69 Å². The van der Waals surface area contributed by atoms with E-state index in [0.29, 0.717) is 35.6 Å². The van der Waals surface area contributed by atoms with Gasteiger partial charge in [0, 0.05) is 23.9 Å². The first-order valence-electron chi connectivity index (χ1n) is 9.10. The minimum absolute atomic E-state index is 0.115. The van der Waals surface area contributed by atoms with Crippen molar-refractivity contribution in [3.05, 3.63) is 54.1 Å². The lowest BCUT2D eigenvalue weighted by atomic mass is 10.1. The summed E-state index contributed by atoms with van der Waals surface area (Å²) in [7, 11) is 1.55. The summed E-state index contributed by atoms with van der Waals surface area (Å²) in [6.07, 6.45) is 1.15. The van der Waals surface area contributed by atoms with Crippen LogP contribution < -0.4 is 20.1 Å². The summed E-state index contributed by atoms with van der Waals surface area (Å²) >= 11 is 0. The van der Waals surface area contributed by atoms with Crippen LogP contribution in [0.3, 0.4) is 0 Å². The predicted molar refractivity (Wildman–Crippen MR) is 105 cm³/mol. The minimum Gasteiger partial charge on any atom is -0.497 e. The highest BCUT2D eigenvalue weighted by Crippen LogP contribution is 2.45. The number of anilines is 1. The number of carboxylic acids is 1. The Morgan fingerprint density at radius 2 is 1.79 bits per heavy atom. The van der Waals surface area contributed by atoms with Crippen LogP contribution in [0.1, 0.15) is 23.2 Å². The molecular formula is C21H22N2O6. The van der Waals surface area contributed by atoms with Gasteiger partial charge < -0.3 is 25.2 Å². The zero-order valence-corrected chi connectivity index (χ0v) is 15.9. The monoisotopic (exact) mass is 398 g/mol. The molecule has 0 spiro atoms. The number of nitrogens with one attached hydrogen (secondary N) is 2. The largest absolute Gasteiger partial charge is 0.497 e. The summed E-state index contributed by atoms with van der Waals surface area (Å²) in [6, 6.07) is 13.3. The fourth-order valence-corrected chi connectivity index (χ4v) is 2.72. The minimum atomic E-state index is -0.881. The zero-order valence-electron chi connectivity index (χ0n) is 15.9. The van der Waals surface area contributed by atoms with Crippen molar-refractivity contribution in [2.24, 2.45) is 5.41 Å². The molecule has 0 unspecified atom stereocenters. The van der Waals surface area contributed by atoms with Crippen LogP contribution in [0, 0.1) is 5.41 Å². The molecule has 1 saturated carbocycles. The normalized spacial score (nSPS) is 13.8. The average Bonchev–Trinajstić information content (AvgIpc) is 3.52. The first-order chi connectivity index (χ1) is 13.9. The maximum absolute atomic E-state index is 12.2. The Labute approximate surface area is 167 Å². The van der Waals surface area contributed by atoms with Gasteiger partial charge in [-0.25, -0.2) is 0 Å². The van der Waals surface area contributed by atoms with Gasteiger partial charge in [0.1, 0.15) is 11.5 Å². The van der Waals surface area contributed by atoms with Crippen molar-refractivity contribution in [2.45, 2.75) is 12.8 Å². The Hall–Kier alpha value is -3.55. The molecule has 8 nitrogen and oxygen atoms in total. The summed E-state index contributed by atoms with van der Waals surface area (Å²) in [5.41, 5.74) is 0.175. The SMILES string of the molecule is COc1cccc(NC(=O)COc2ccc(C(=O)NCC3(C(=O)O)CC3)cc2)c1. The second-order valence-electron chi connectivity index (χ2n) is 6.86. The summed E-state index contributed by atoms with van der Waals surface area (Å²) < 4.78 is 10.5. The Morgan fingerprint density at radius 3 is 2.41 bits per heavy atom. The molecule has 2 amide bonds. The van der Waals surface area contributed by atoms with Gasteiger partial charge in [0.2, 0.25) is 0 Å². The molecule has 2 aromatic rings. The molecule has 1 aliphatic rings. The standard InChI is InChI=1S/C21H22N2O6/c1-28-17-4-2-3-15(11-17)23-18(24)12-29-16-7-5-14(6-8-16)19(25)22-13-21(9-10-21)20(26)27/h2-8,11H,9-10,12-13H2,1H3,(H,22,25)(H,23,24)(H,26,27). The smallest absolute Gasteiger partial charge is 0.311 e. The van der Waals surface area contributed by atoms with E-state index in [0.717, 1.165) is 0 Å². The quantitative estimate of drug-likeness (QED) is 0.597. The van der Waals surface area contributed by atoms with Gasteiger partial charge in [-0.15, -0.1) is 0 Å². The molecule has 2 aromatic carbocycles. The van der Waals surface area contributed by atoms with Crippen LogP contribution >= 0.6 is 0 Å². The second-order valence-corrected chi connectivity index (χ2v) is 6.86. The van der Waals surface area contributed by atoms with Gasteiger partial charge in [0.15, 0.2) is 6.61 Å². The predicted octanol–water partition coefficient (Wildman–Crippen LogP) is 2.31. The van der Waals surface area contributed by atoms with Crippen LogP contribution in [0.15, 0.2) is 48.5 Å². The Bertz CT molecular complexity index is 906. The Morgan fingerprint density at radius 1 is 1.07 bits per heavy atom. The fraction of sp³-hybridized carbons (Fsp3) is 0.286. The molecule has 0 radical (unpaired) electrons. The van der Waals surface area contributed by atoms with E-state index >= 15 is 0 Å². The molecule has 0 saturated heterocycles. The van der Waals surface area contributed by atoms with Gasteiger partial charge in [-0.1, -0.05) is 6.07 Å². The Kier molecular flexibility index (Phi) is 6.01. The molecular weight excluding hydrogens is 376 g/mol. The molecule has 1 aliphatic carbocycles. The van der Waals surface area contributed by atoms with Crippen LogP contribution in [0.25, 0.3) is 0 Å². The van der Waals surface area contributed by atoms with E-state index in [-0.39, 0.29) is 25.0 Å². The van der Waals surface area contributed by atoms with Crippen molar-refractivity contribution in [1.29, 1.82) is 0 Å². The number of carboxylic acid groups (broad SMARTS) is 1. The van der Waals surface area contributed by atoms with Crippen molar-refractivity contribution in [3.63, 3.8) is 0 Å². The molecule has 1 fully saturated rings. The van der Waals surface area contributed by atoms with Gasteiger partial charge in [0.05, 0.1) is 12.5 Å². The lowest BCUT2D eigenvalue weighted by Gasteiger charge is -2.12. The van der Waals surface area contributed by atoms with Crippen molar-refractivity contribution in [3.8, 4) is 11.5 Å². The molecule has 0 aromatic heterocycles. The van der Waals surface area contributed by atoms with E-state index in [2.05, 4.69) is 10.6 Å². The van der Waals surface area contributed by atoms with Crippen molar-refractivity contribution in [1.82, 2.24) is 5.32 Å². The van der Waals surface area contributed by atoms with E-state index < -0.39 is 11.4 Å². The number of rotatable bonds is 9. The summed E-state index contributed by atoms with van der Waals surface area (Å²) in [6.45, 7) is -0.0756. The zero-order chi connectivity index (χ0) is 20.9. The summed E-state index contributed by atoms with van der Waals surface area (Å²) in [4.78, 5) is 35.3. The molecule has 29 heavy (non-hydrogen) atoms.